The van der Waals surface area contributed by atoms with Crippen molar-refractivity contribution in [2.24, 2.45) is 0 Å². The molecule has 0 aliphatic heterocycles. The standard InChI is InChI=1S/C15H14N2O3S/c1-9-4-3-5-10(6-9)7-11(14(19)20-2)12-8-13(18)17-15(21)16-12/h3-8H,1-2H3,(H2,16,17,18,21)/b11-7-. The molecule has 0 bridgehead atoms. The van der Waals surface area contributed by atoms with E-state index in [1.165, 1.54) is 13.2 Å². The summed E-state index contributed by atoms with van der Waals surface area (Å²) >= 11 is 4.92. The Bertz CT molecular complexity index is 790. The van der Waals surface area contributed by atoms with Gasteiger partial charge in [-0.15, -0.1) is 0 Å². The zero-order valence-electron chi connectivity index (χ0n) is 11.6. The van der Waals surface area contributed by atoms with Gasteiger partial charge in [-0.25, -0.2) is 4.79 Å². The number of H-pyrrole nitrogens is 2. The van der Waals surface area contributed by atoms with Crippen LogP contribution in [0.3, 0.4) is 0 Å². The number of methoxy groups -OCH3 is 1. The van der Waals surface area contributed by atoms with Crippen LogP contribution in [0.15, 0.2) is 35.1 Å². The Labute approximate surface area is 126 Å². The molecule has 2 N–H and O–H groups in total. The first-order valence-corrected chi connectivity index (χ1v) is 6.61. The number of carbonyl (C=O) groups is 1. The van der Waals surface area contributed by atoms with Gasteiger partial charge in [0.25, 0.3) is 5.56 Å². The molecule has 108 valence electrons. The molecule has 0 aliphatic rings. The third-order valence-electron chi connectivity index (χ3n) is 2.81. The summed E-state index contributed by atoms with van der Waals surface area (Å²) in [7, 11) is 1.29. The fraction of sp³-hybridized carbons (Fsp3) is 0.133. The predicted octanol–water partition coefficient (Wildman–Crippen LogP) is 2.45. The number of aromatic amines is 2. The smallest absolute Gasteiger partial charge is 0.339 e. The minimum atomic E-state index is -0.548. The van der Waals surface area contributed by atoms with Gasteiger partial charge in [-0.05, 0) is 30.8 Å². The van der Waals surface area contributed by atoms with Crippen LogP contribution in [0.5, 0.6) is 0 Å². The number of aromatic nitrogens is 2. The lowest BCUT2D eigenvalue weighted by Crippen LogP contribution is -2.12. The number of hydrogen-bond donors (Lipinski definition) is 2. The molecular formula is C15H14N2O3S. The van der Waals surface area contributed by atoms with Crippen LogP contribution in [0.4, 0.5) is 0 Å². The minimum absolute atomic E-state index is 0.150. The van der Waals surface area contributed by atoms with E-state index < -0.39 is 5.97 Å². The van der Waals surface area contributed by atoms with Crippen LogP contribution >= 0.6 is 12.2 Å². The van der Waals surface area contributed by atoms with Crippen LogP contribution in [0.2, 0.25) is 0 Å². The van der Waals surface area contributed by atoms with Gasteiger partial charge in [-0.3, -0.25) is 9.78 Å². The summed E-state index contributed by atoms with van der Waals surface area (Å²) in [5, 5.41) is 0. The second-order valence-corrected chi connectivity index (χ2v) is 4.87. The maximum Gasteiger partial charge on any atom is 0.339 e. The fourth-order valence-electron chi connectivity index (χ4n) is 1.90. The quantitative estimate of drug-likeness (QED) is 0.519. The van der Waals surface area contributed by atoms with E-state index in [-0.39, 0.29) is 15.9 Å². The third kappa shape index (κ3) is 3.76. The molecule has 0 radical (unpaired) electrons. The predicted molar refractivity (Wildman–Crippen MR) is 83.3 cm³/mol. The number of aryl methyl sites for hydroxylation is 1. The van der Waals surface area contributed by atoms with Gasteiger partial charge in [0, 0.05) is 6.07 Å². The van der Waals surface area contributed by atoms with Gasteiger partial charge in [-0.1, -0.05) is 29.8 Å². The Kier molecular flexibility index (Phi) is 4.49. The van der Waals surface area contributed by atoms with Crippen molar-refractivity contribution in [3.8, 4) is 0 Å². The van der Waals surface area contributed by atoms with Crippen LogP contribution in [0, 0.1) is 11.7 Å². The van der Waals surface area contributed by atoms with Crippen molar-refractivity contribution in [3.63, 3.8) is 0 Å². The van der Waals surface area contributed by atoms with Gasteiger partial charge in [0.2, 0.25) is 0 Å². The molecule has 2 aromatic rings. The highest BCUT2D eigenvalue weighted by Crippen LogP contribution is 2.17. The zero-order valence-corrected chi connectivity index (χ0v) is 12.4. The number of rotatable bonds is 3. The summed E-state index contributed by atoms with van der Waals surface area (Å²) < 4.78 is 4.93. The molecule has 6 heteroatoms. The Morgan fingerprint density at radius 3 is 2.67 bits per heavy atom. The van der Waals surface area contributed by atoms with Crippen LogP contribution in [-0.2, 0) is 9.53 Å². The highest BCUT2D eigenvalue weighted by molar-refractivity contribution is 7.71. The lowest BCUT2D eigenvalue weighted by atomic mass is 10.1. The van der Waals surface area contributed by atoms with Crippen molar-refractivity contribution in [2.45, 2.75) is 6.92 Å². The number of nitrogens with one attached hydrogen (secondary N) is 2. The van der Waals surface area contributed by atoms with Gasteiger partial charge in [0.1, 0.15) is 0 Å². The number of benzene rings is 1. The molecule has 5 nitrogen and oxygen atoms in total. The highest BCUT2D eigenvalue weighted by atomic mass is 32.1. The molecule has 21 heavy (non-hydrogen) atoms. The van der Waals surface area contributed by atoms with Gasteiger partial charge in [0.05, 0.1) is 18.4 Å². The summed E-state index contributed by atoms with van der Waals surface area (Å²) in [4.78, 5) is 28.7. The summed E-state index contributed by atoms with van der Waals surface area (Å²) in [6.07, 6.45) is 1.65. The molecule has 0 saturated carbocycles. The first-order valence-electron chi connectivity index (χ1n) is 6.20. The van der Waals surface area contributed by atoms with Crippen molar-refractivity contribution >= 4 is 29.8 Å². The van der Waals surface area contributed by atoms with Crippen LogP contribution in [0.1, 0.15) is 16.8 Å². The second kappa shape index (κ2) is 6.32. The van der Waals surface area contributed by atoms with Crippen molar-refractivity contribution in [1.82, 2.24) is 9.97 Å². The van der Waals surface area contributed by atoms with E-state index in [9.17, 15) is 9.59 Å². The van der Waals surface area contributed by atoms with E-state index >= 15 is 0 Å². The summed E-state index contributed by atoms with van der Waals surface area (Å²) in [6.45, 7) is 1.95. The lowest BCUT2D eigenvalue weighted by molar-refractivity contribution is -0.133. The maximum atomic E-state index is 12.0. The van der Waals surface area contributed by atoms with Crippen LogP contribution in [0.25, 0.3) is 11.6 Å². The number of hydrogen-bond acceptors (Lipinski definition) is 4. The van der Waals surface area contributed by atoms with Crippen molar-refractivity contribution in [1.29, 1.82) is 0 Å². The fourth-order valence-corrected chi connectivity index (χ4v) is 2.11. The molecular weight excluding hydrogens is 288 g/mol. The maximum absolute atomic E-state index is 12.0. The van der Waals surface area contributed by atoms with Crippen molar-refractivity contribution < 1.29 is 9.53 Å². The minimum Gasteiger partial charge on any atom is -0.465 e. The molecule has 0 spiro atoms. The number of ether oxygens (including phenoxy) is 1. The van der Waals surface area contributed by atoms with E-state index in [1.54, 1.807) is 6.08 Å². The van der Waals surface area contributed by atoms with E-state index in [4.69, 9.17) is 17.0 Å². The SMILES string of the molecule is COC(=O)/C(=C\c1cccc(C)c1)c1cc(=O)[nH]c(=S)[nH]1. The van der Waals surface area contributed by atoms with Gasteiger partial charge in [0.15, 0.2) is 4.77 Å². The van der Waals surface area contributed by atoms with Gasteiger partial charge < -0.3 is 9.72 Å². The van der Waals surface area contributed by atoms with Crippen molar-refractivity contribution in [2.75, 3.05) is 7.11 Å². The lowest BCUT2D eigenvalue weighted by Gasteiger charge is -2.06. The zero-order chi connectivity index (χ0) is 15.4. The largest absolute Gasteiger partial charge is 0.465 e. The molecule has 2 rings (SSSR count). The van der Waals surface area contributed by atoms with Crippen LogP contribution in [-0.4, -0.2) is 23.0 Å². The molecule has 0 saturated heterocycles. The first-order chi connectivity index (χ1) is 9.99. The molecule has 0 aliphatic carbocycles. The third-order valence-corrected chi connectivity index (χ3v) is 3.01. The topological polar surface area (TPSA) is 75.0 Å². The molecule has 1 aromatic carbocycles. The Morgan fingerprint density at radius 1 is 1.29 bits per heavy atom. The molecule has 1 heterocycles. The summed E-state index contributed by atoms with van der Waals surface area (Å²) in [5.74, 6) is -0.548. The monoisotopic (exact) mass is 302 g/mol. The van der Waals surface area contributed by atoms with E-state index in [0.29, 0.717) is 5.69 Å². The molecule has 0 atom stereocenters. The summed E-state index contributed by atoms with van der Waals surface area (Å²) in [5.41, 5.74) is 2.06. The van der Waals surface area contributed by atoms with Crippen molar-refractivity contribution in [3.05, 3.63) is 62.3 Å². The molecule has 0 unspecified atom stereocenters. The van der Waals surface area contributed by atoms with E-state index in [0.717, 1.165) is 11.1 Å². The Balaban J connectivity index is 2.61. The average Bonchev–Trinajstić information content (AvgIpc) is 2.43. The first kappa shape index (κ1) is 14.9. The molecule has 0 fully saturated rings. The Hall–Kier alpha value is -2.47. The van der Waals surface area contributed by atoms with E-state index in [1.807, 2.05) is 31.2 Å². The summed E-state index contributed by atoms with van der Waals surface area (Å²) in [6, 6.07) is 8.89. The average molecular weight is 302 g/mol. The number of carbonyl (C=O) groups excluding carboxylic acids is 1. The molecule has 1 aromatic heterocycles. The number of esters is 1. The second-order valence-electron chi connectivity index (χ2n) is 4.47. The molecule has 0 amide bonds. The highest BCUT2D eigenvalue weighted by Gasteiger charge is 2.14. The van der Waals surface area contributed by atoms with Crippen LogP contribution < -0.4 is 5.56 Å². The normalized spacial score (nSPS) is 11.2. The Morgan fingerprint density at radius 2 is 2.05 bits per heavy atom. The van der Waals surface area contributed by atoms with Gasteiger partial charge in [-0.2, -0.15) is 0 Å². The van der Waals surface area contributed by atoms with Gasteiger partial charge >= 0.3 is 5.97 Å². The van der Waals surface area contributed by atoms with E-state index in [2.05, 4.69) is 9.97 Å².